The molecule has 3 atom stereocenters. The quantitative estimate of drug-likeness (QED) is 0.255. The van der Waals surface area contributed by atoms with Gasteiger partial charge in [-0.15, -0.1) is 0 Å². The zero-order valence-electron chi connectivity index (χ0n) is 26.1. The van der Waals surface area contributed by atoms with Gasteiger partial charge in [-0.1, -0.05) is 123 Å². The number of nitrogens with one attached hydrogen (secondary N) is 1. The van der Waals surface area contributed by atoms with Crippen LogP contribution in [-0.2, 0) is 5.41 Å². The van der Waals surface area contributed by atoms with E-state index in [-0.39, 0.29) is 23.6 Å². The lowest BCUT2D eigenvalue weighted by Gasteiger charge is -2.27. The topological polar surface area (TPSA) is 46.0 Å². The summed E-state index contributed by atoms with van der Waals surface area (Å²) in [4.78, 5) is 10.2. The fraction of sp³-hybridized carbons (Fsp3) is 0.190. The van der Waals surface area contributed by atoms with E-state index < -0.39 is 0 Å². The average molecular weight is 598 g/mol. The Kier molecular flexibility index (Phi) is 6.14. The van der Waals surface area contributed by atoms with Gasteiger partial charge in [0.15, 0.2) is 6.17 Å². The van der Waals surface area contributed by atoms with Gasteiger partial charge in [0.25, 0.3) is 0 Å². The summed E-state index contributed by atoms with van der Waals surface area (Å²) >= 11 is 0. The molecule has 0 aromatic heterocycles. The number of ether oxygens (including phenoxy) is 1. The zero-order chi connectivity index (χ0) is 30.8. The maximum atomic E-state index is 6.68. The lowest BCUT2D eigenvalue weighted by molar-refractivity contribution is 0.277. The van der Waals surface area contributed by atoms with Crippen molar-refractivity contribution in [3.05, 3.63) is 172 Å². The van der Waals surface area contributed by atoms with E-state index in [1.165, 1.54) is 39.0 Å². The third-order valence-electron chi connectivity index (χ3n) is 10.2. The third-order valence-corrected chi connectivity index (χ3v) is 10.2. The van der Waals surface area contributed by atoms with Gasteiger partial charge in [-0.25, -0.2) is 9.98 Å². The first-order chi connectivity index (χ1) is 22.5. The molecule has 4 nitrogen and oxygen atoms in total. The van der Waals surface area contributed by atoms with E-state index in [1.807, 2.05) is 12.1 Å². The molecule has 46 heavy (non-hydrogen) atoms. The number of benzene rings is 4. The third kappa shape index (κ3) is 4.28. The van der Waals surface area contributed by atoms with Crippen LogP contribution in [0.3, 0.4) is 0 Å². The van der Waals surface area contributed by atoms with Gasteiger partial charge < -0.3 is 10.1 Å². The molecule has 3 aliphatic carbocycles. The van der Waals surface area contributed by atoms with Crippen LogP contribution in [0.2, 0.25) is 0 Å². The van der Waals surface area contributed by atoms with Crippen LogP contribution in [0.1, 0.15) is 72.2 Å². The summed E-state index contributed by atoms with van der Waals surface area (Å²) in [7, 11) is 0. The van der Waals surface area contributed by atoms with Crippen molar-refractivity contribution in [3.8, 4) is 5.75 Å². The molecule has 3 unspecified atom stereocenters. The van der Waals surface area contributed by atoms with Crippen LogP contribution in [0.25, 0.3) is 11.1 Å². The van der Waals surface area contributed by atoms with E-state index in [0.29, 0.717) is 0 Å². The molecule has 0 bridgehead atoms. The van der Waals surface area contributed by atoms with Crippen molar-refractivity contribution in [2.75, 3.05) is 0 Å². The summed E-state index contributed by atoms with van der Waals surface area (Å²) in [6.07, 6.45) is 11.0. The van der Waals surface area contributed by atoms with Gasteiger partial charge in [0, 0.05) is 33.6 Å². The Morgan fingerprint density at radius 1 is 0.804 bits per heavy atom. The van der Waals surface area contributed by atoms with Gasteiger partial charge >= 0.3 is 0 Å². The molecule has 2 aliphatic heterocycles. The molecule has 0 radical (unpaired) electrons. The molecule has 0 saturated carbocycles. The number of nitrogens with zero attached hydrogens (tertiary/aromatic N) is 2. The molecule has 2 heterocycles. The van der Waals surface area contributed by atoms with Crippen molar-refractivity contribution in [1.82, 2.24) is 5.32 Å². The van der Waals surface area contributed by atoms with Gasteiger partial charge in [-0.2, -0.15) is 0 Å². The smallest absolute Gasteiger partial charge is 0.169 e. The first-order valence-electron chi connectivity index (χ1n) is 16.3. The van der Waals surface area contributed by atoms with Crippen LogP contribution in [0.4, 0.5) is 0 Å². The molecule has 0 fully saturated rings. The van der Waals surface area contributed by atoms with E-state index in [2.05, 4.69) is 134 Å². The summed E-state index contributed by atoms with van der Waals surface area (Å²) in [5.41, 5.74) is 12.5. The minimum Gasteiger partial charge on any atom is -0.484 e. The lowest BCUT2D eigenvalue weighted by Crippen LogP contribution is -2.36. The predicted molar refractivity (Wildman–Crippen MR) is 187 cm³/mol. The van der Waals surface area contributed by atoms with E-state index in [9.17, 15) is 0 Å². The number of hydrogen-bond acceptors (Lipinski definition) is 4. The van der Waals surface area contributed by atoms with Gasteiger partial charge in [-0.05, 0) is 64.5 Å². The van der Waals surface area contributed by atoms with Gasteiger partial charge in [-0.3, -0.25) is 0 Å². The van der Waals surface area contributed by atoms with Gasteiger partial charge in [0.2, 0.25) is 0 Å². The zero-order valence-corrected chi connectivity index (χ0v) is 26.1. The monoisotopic (exact) mass is 597 g/mol. The maximum absolute atomic E-state index is 6.68. The Hall–Kier alpha value is -5.22. The van der Waals surface area contributed by atoms with Crippen LogP contribution in [0, 0.1) is 0 Å². The number of para-hydroxylation sites is 1. The molecular formula is C42H35N3O. The van der Waals surface area contributed by atoms with Crippen molar-refractivity contribution in [2.24, 2.45) is 9.98 Å². The molecular weight excluding hydrogens is 562 g/mol. The fourth-order valence-electron chi connectivity index (χ4n) is 7.83. The standard InChI is InChI=1S/C42H35N3O/c1-42(2)34-22-20-29(25-33(34)37-35(42)23-21-32-31-18-9-10-19-36(31)46-38(32)37)28-16-11-17-30(24-28)41-44-39(26-12-5-3-6-13-26)43-40(45-41)27-14-7-4-8-15-27/h3-10,12-15,17-25,32,38-39H,11,16H2,1-2H3,(H,43,44,45). The van der Waals surface area contributed by atoms with Crippen LogP contribution in [0.15, 0.2) is 149 Å². The number of allylic oxidation sites excluding steroid dienone is 4. The summed E-state index contributed by atoms with van der Waals surface area (Å²) in [5, 5.41) is 3.59. The molecule has 4 heteroatoms. The molecule has 4 aromatic carbocycles. The molecule has 0 saturated heterocycles. The first kappa shape index (κ1) is 27.1. The Balaban J connectivity index is 1.08. The van der Waals surface area contributed by atoms with Crippen molar-refractivity contribution < 1.29 is 4.74 Å². The minimum absolute atomic E-state index is 0.00961. The number of amidine groups is 2. The normalized spacial score (nSPS) is 23.5. The number of hydrogen-bond donors (Lipinski definition) is 1. The van der Waals surface area contributed by atoms with Crippen LogP contribution >= 0.6 is 0 Å². The number of fused-ring (bicyclic) bond motifs is 6. The summed E-state index contributed by atoms with van der Waals surface area (Å²) in [5.74, 6) is 2.97. The van der Waals surface area contributed by atoms with Crippen LogP contribution in [-0.4, -0.2) is 17.8 Å². The minimum atomic E-state index is -0.303. The molecule has 1 N–H and O–H groups in total. The molecule has 0 spiro atoms. The molecule has 4 aromatic rings. The van der Waals surface area contributed by atoms with E-state index in [4.69, 9.17) is 14.7 Å². The Morgan fingerprint density at radius 2 is 1.57 bits per heavy atom. The van der Waals surface area contributed by atoms with Crippen LogP contribution in [0.5, 0.6) is 5.75 Å². The average Bonchev–Trinajstić information content (AvgIpc) is 3.61. The first-order valence-corrected chi connectivity index (χ1v) is 16.3. The van der Waals surface area contributed by atoms with Gasteiger partial charge in [0.1, 0.15) is 23.5 Å². The Bertz CT molecular complexity index is 2080. The SMILES string of the molecule is CC1(C)C2=C(c3cc(C4=CC(C5=NC(c6ccccc6)N=C(c6ccccc6)N5)=CCC4)ccc31)C1Oc3ccccc3C1C=C2. The molecule has 0 amide bonds. The lowest BCUT2D eigenvalue weighted by atomic mass is 9.77. The van der Waals surface area contributed by atoms with Crippen molar-refractivity contribution in [2.45, 2.75) is 50.3 Å². The van der Waals surface area contributed by atoms with Crippen molar-refractivity contribution in [3.63, 3.8) is 0 Å². The van der Waals surface area contributed by atoms with Crippen molar-refractivity contribution in [1.29, 1.82) is 0 Å². The molecule has 224 valence electrons. The summed E-state index contributed by atoms with van der Waals surface area (Å²) in [6.45, 7) is 4.70. The highest BCUT2D eigenvalue weighted by atomic mass is 16.5. The molecule has 5 aliphatic rings. The van der Waals surface area contributed by atoms with E-state index in [1.54, 1.807) is 0 Å². The second-order valence-corrected chi connectivity index (χ2v) is 13.3. The highest BCUT2D eigenvalue weighted by molar-refractivity contribution is 6.17. The summed E-state index contributed by atoms with van der Waals surface area (Å²) in [6, 6.07) is 36.3. The highest BCUT2D eigenvalue weighted by Crippen LogP contribution is 2.56. The van der Waals surface area contributed by atoms with E-state index in [0.717, 1.165) is 47.0 Å². The van der Waals surface area contributed by atoms with Crippen molar-refractivity contribution >= 4 is 22.8 Å². The van der Waals surface area contributed by atoms with Gasteiger partial charge in [0.05, 0.1) is 0 Å². The second kappa shape index (κ2) is 10.4. The molecule has 9 rings (SSSR count). The summed E-state index contributed by atoms with van der Waals surface area (Å²) < 4.78 is 6.68. The van der Waals surface area contributed by atoms with Crippen LogP contribution < -0.4 is 10.1 Å². The van der Waals surface area contributed by atoms with E-state index >= 15 is 0 Å². The Morgan fingerprint density at radius 3 is 2.41 bits per heavy atom. The predicted octanol–water partition coefficient (Wildman–Crippen LogP) is 9.10. The second-order valence-electron chi connectivity index (χ2n) is 13.3. The highest BCUT2D eigenvalue weighted by Gasteiger charge is 2.47. The Labute approximate surface area is 270 Å². The largest absolute Gasteiger partial charge is 0.484 e. The number of aliphatic imine (C=N–C) groups is 2. The maximum Gasteiger partial charge on any atom is 0.169 e. The number of rotatable bonds is 4. The fourth-order valence-corrected chi connectivity index (χ4v) is 7.83.